The maximum Gasteiger partial charge on any atom is 0.472 e. The van der Waals surface area contributed by atoms with Crippen LogP contribution in [0.1, 0.15) is 330 Å². The lowest BCUT2D eigenvalue weighted by Gasteiger charge is -2.21. The molecule has 0 aromatic carbocycles. The van der Waals surface area contributed by atoms with Gasteiger partial charge in [0.2, 0.25) is 0 Å². The van der Waals surface area contributed by atoms with Crippen LogP contribution in [0.3, 0.4) is 0 Å². The van der Waals surface area contributed by atoms with Gasteiger partial charge in [-0.1, -0.05) is 279 Å². The molecular weight excluding hydrogens is 1110 g/mol. The summed E-state index contributed by atoms with van der Waals surface area (Å²) in [5.41, 5.74) is 0. The molecule has 0 aromatic heterocycles. The number of phosphoric acid groups is 2. The molecule has 84 heavy (non-hydrogen) atoms. The Morgan fingerprint density at radius 3 is 0.845 bits per heavy atom. The van der Waals surface area contributed by atoms with Crippen molar-refractivity contribution >= 4 is 39.5 Å². The molecule has 19 heteroatoms. The van der Waals surface area contributed by atoms with E-state index >= 15 is 0 Å². The van der Waals surface area contributed by atoms with Crippen LogP contribution in [0.15, 0.2) is 0 Å². The van der Waals surface area contributed by atoms with Crippen molar-refractivity contribution in [2.24, 2.45) is 5.92 Å². The van der Waals surface area contributed by atoms with Crippen molar-refractivity contribution < 1.29 is 80.2 Å². The van der Waals surface area contributed by atoms with Gasteiger partial charge in [0.05, 0.1) is 26.4 Å². The van der Waals surface area contributed by atoms with Crippen molar-refractivity contribution in [2.75, 3.05) is 39.6 Å². The molecule has 0 aliphatic rings. The topological polar surface area (TPSA) is 237 Å². The van der Waals surface area contributed by atoms with E-state index in [0.29, 0.717) is 25.7 Å². The van der Waals surface area contributed by atoms with Gasteiger partial charge in [0.25, 0.3) is 0 Å². The first-order valence-corrected chi connectivity index (χ1v) is 37.2. The molecule has 0 spiro atoms. The third-order valence-corrected chi connectivity index (χ3v) is 17.3. The Balaban J connectivity index is 5.14. The molecule has 0 amide bonds. The van der Waals surface area contributed by atoms with Crippen LogP contribution in [-0.2, 0) is 65.4 Å². The van der Waals surface area contributed by atoms with Crippen LogP contribution in [0.2, 0.25) is 0 Å². The van der Waals surface area contributed by atoms with Gasteiger partial charge in [-0.3, -0.25) is 37.3 Å². The quantitative estimate of drug-likeness (QED) is 0.0222. The molecule has 17 nitrogen and oxygen atoms in total. The van der Waals surface area contributed by atoms with Crippen molar-refractivity contribution in [3.8, 4) is 0 Å². The first kappa shape index (κ1) is 82.1. The maximum absolute atomic E-state index is 13.0. The Labute approximate surface area is 511 Å². The number of phosphoric ester groups is 2. The van der Waals surface area contributed by atoms with Crippen molar-refractivity contribution in [3.05, 3.63) is 0 Å². The van der Waals surface area contributed by atoms with E-state index in [2.05, 4.69) is 34.6 Å². The van der Waals surface area contributed by atoms with Gasteiger partial charge in [0.1, 0.15) is 19.3 Å². The first-order valence-electron chi connectivity index (χ1n) is 34.2. The van der Waals surface area contributed by atoms with Gasteiger partial charge in [-0.05, 0) is 31.6 Å². The van der Waals surface area contributed by atoms with Gasteiger partial charge in [-0.25, -0.2) is 9.13 Å². The van der Waals surface area contributed by atoms with E-state index in [-0.39, 0.29) is 25.7 Å². The zero-order valence-corrected chi connectivity index (χ0v) is 55.8. The predicted octanol–water partition coefficient (Wildman–Crippen LogP) is 18.2. The summed E-state index contributed by atoms with van der Waals surface area (Å²) in [7, 11) is -9.88. The highest BCUT2D eigenvalue weighted by Crippen LogP contribution is 2.45. The Morgan fingerprint density at radius 1 is 0.333 bits per heavy atom. The molecule has 0 fully saturated rings. The van der Waals surface area contributed by atoms with E-state index in [1.807, 2.05) is 0 Å². The first-order chi connectivity index (χ1) is 40.6. The number of hydrogen-bond acceptors (Lipinski definition) is 15. The number of carbonyl (C=O) groups is 4. The SMILES string of the molecule is CCCCCCCCCCCCCCCCCCCCC(=O)O[C@H](COC(=O)CCCCCCCCCCCCC)COP(=O)(O)OC[C@@H](O)COP(=O)(O)OC[C@@H](COC(=O)CCCCCCC)OC(=O)CCCCCCCCC(C)CC. The monoisotopic (exact) mass is 1240 g/mol. The van der Waals surface area contributed by atoms with Gasteiger partial charge >= 0.3 is 39.5 Å². The van der Waals surface area contributed by atoms with Gasteiger partial charge in [-0.15, -0.1) is 0 Å². The third-order valence-electron chi connectivity index (χ3n) is 15.4. The molecule has 3 N–H and O–H groups in total. The highest BCUT2D eigenvalue weighted by molar-refractivity contribution is 7.47. The van der Waals surface area contributed by atoms with E-state index in [1.54, 1.807) is 0 Å². The zero-order chi connectivity index (χ0) is 62.0. The van der Waals surface area contributed by atoms with Crippen LogP contribution >= 0.6 is 15.6 Å². The highest BCUT2D eigenvalue weighted by Gasteiger charge is 2.30. The molecule has 3 unspecified atom stereocenters. The Hall–Kier alpha value is -1.94. The number of esters is 4. The molecule has 0 bridgehead atoms. The van der Waals surface area contributed by atoms with E-state index < -0.39 is 97.5 Å². The summed E-state index contributed by atoms with van der Waals surface area (Å²) in [6, 6.07) is 0. The number of carbonyl (C=O) groups excluding carboxylic acids is 4. The molecule has 0 saturated heterocycles. The number of ether oxygens (including phenoxy) is 4. The number of hydrogen-bond donors (Lipinski definition) is 3. The second-order valence-corrected chi connectivity index (χ2v) is 26.7. The number of unbranched alkanes of at least 4 members (excludes halogenated alkanes) is 36. The summed E-state index contributed by atoms with van der Waals surface area (Å²) < 4.78 is 67.8. The summed E-state index contributed by atoms with van der Waals surface area (Å²) in [6.07, 6.45) is 43.5. The summed E-state index contributed by atoms with van der Waals surface area (Å²) >= 11 is 0. The van der Waals surface area contributed by atoms with E-state index in [4.69, 9.17) is 37.0 Å². The minimum absolute atomic E-state index is 0.102. The van der Waals surface area contributed by atoms with Crippen molar-refractivity contribution in [1.82, 2.24) is 0 Å². The largest absolute Gasteiger partial charge is 0.472 e. The summed E-state index contributed by atoms with van der Waals surface area (Å²) in [5.74, 6) is -1.42. The molecule has 0 aliphatic heterocycles. The van der Waals surface area contributed by atoms with Crippen LogP contribution in [0.25, 0.3) is 0 Å². The Bertz CT molecular complexity index is 1640. The fraction of sp³-hybridized carbons (Fsp3) is 0.938. The van der Waals surface area contributed by atoms with E-state index in [9.17, 15) is 43.2 Å². The van der Waals surface area contributed by atoms with Crippen molar-refractivity contribution in [2.45, 2.75) is 348 Å². The minimum atomic E-state index is -4.94. The zero-order valence-electron chi connectivity index (χ0n) is 54.0. The third kappa shape index (κ3) is 57.8. The van der Waals surface area contributed by atoms with E-state index in [0.717, 1.165) is 102 Å². The smallest absolute Gasteiger partial charge is 0.462 e. The lowest BCUT2D eigenvalue weighted by atomic mass is 10.00. The molecule has 498 valence electrons. The van der Waals surface area contributed by atoms with Gasteiger partial charge < -0.3 is 33.8 Å². The van der Waals surface area contributed by atoms with Crippen LogP contribution in [0.4, 0.5) is 0 Å². The molecule has 0 aromatic rings. The van der Waals surface area contributed by atoms with Crippen LogP contribution in [-0.4, -0.2) is 96.7 Å². The van der Waals surface area contributed by atoms with Crippen LogP contribution in [0.5, 0.6) is 0 Å². The molecule has 0 rings (SSSR count). The second kappa shape index (κ2) is 58.7. The summed E-state index contributed by atoms with van der Waals surface area (Å²) in [6.45, 7) is 7.06. The van der Waals surface area contributed by atoms with Crippen molar-refractivity contribution in [3.63, 3.8) is 0 Å². The highest BCUT2D eigenvalue weighted by atomic mass is 31.2. The van der Waals surface area contributed by atoms with Gasteiger partial charge in [-0.2, -0.15) is 0 Å². The standard InChI is InChI=1S/C65H126O17P2/c1-6-10-13-16-18-20-22-23-24-25-26-27-28-30-32-34-40-45-50-64(69)81-61(55-76-63(68)49-44-39-33-31-29-21-19-17-14-11-7-2)57-80-84(73,74)78-53-59(66)52-77-83(71,72)79-56-60(54-75-62(67)48-43-37-15-12-8-3)82-65(70)51-46-41-36-35-38-42-47-58(5)9-4/h58-61,66H,6-57H2,1-5H3,(H,71,72)(H,73,74)/t58?,59-,60+,61+/m0/s1. The van der Waals surface area contributed by atoms with Crippen LogP contribution < -0.4 is 0 Å². The van der Waals surface area contributed by atoms with Crippen LogP contribution in [0, 0.1) is 5.92 Å². The van der Waals surface area contributed by atoms with Crippen molar-refractivity contribution in [1.29, 1.82) is 0 Å². The van der Waals surface area contributed by atoms with E-state index in [1.165, 1.54) is 148 Å². The molecule has 0 radical (unpaired) electrons. The minimum Gasteiger partial charge on any atom is -0.462 e. The fourth-order valence-corrected chi connectivity index (χ4v) is 11.3. The van der Waals surface area contributed by atoms with Gasteiger partial charge in [0, 0.05) is 25.7 Å². The summed E-state index contributed by atoms with van der Waals surface area (Å²) in [4.78, 5) is 72.0. The molecule has 6 atom stereocenters. The molecule has 0 saturated carbocycles. The Morgan fingerprint density at radius 2 is 0.571 bits per heavy atom. The maximum atomic E-state index is 13.0. The predicted molar refractivity (Wildman–Crippen MR) is 335 cm³/mol. The average Bonchev–Trinajstić information content (AvgIpc) is 3.58. The number of aliphatic hydroxyl groups is 1. The fourth-order valence-electron chi connectivity index (χ4n) is 9.73. The van der Waals surface area contributed by atoms with Gasteiger partial charge in [0.15, 0.2) is 12.2 Å². The normalized spacial score (nSPS) is 14.5. The second-order valence-electron chi connectivity index (χ2n) is 23.7. The lowest BCUT2D eigenvalue weighted by Crippen LogP contribution is -2.30. The Kier molecular flexibility index (Phi) is 57.4. The molecule has 0 aliphatic carbocycles. The molecule has 0 heterocycles. The number of aliphatic hydroxyl groups excluding tert-OH is 1. The summed E-state index contributed by atoms with van der Waals surface area (Å²) in [5, 5.41) is 10.5. The number of rotatable bonds is 65. The molecular formula is C65H126O17P2. The lowest BCUT2D eigenvalue weighted by molar-refractivity contribution is -0.161. The average molecular weight is 1240 g/mol.